The number of piperidine rings is 1. The number of hydrogen-bond acceptors (Lipinski definition) is 5. The van der Waals surface area contributed by atoms with E-state index in [0.29, 0.717) is 54.3 Å². The number of nitrogens with zero attached hydrogens (tertiary/aromatic N) is 3. The van der Waals surface area contributed by atoms with Gasteiger partial charge in [0, 0.05) is 13.1 Å². The van der Waals surface area contributed by atoms with Crippen LogP contribution in [-0.2, 0) is 9.59 Å². The number of carbonyl (C=O) groups is 2. The molecule has 29 heavy (non-hydrogen) atoms. The summed E-state index contributed by atoms with van der Waals surface area (Å²) in [4.78, 5) is 30.0. The van der Waals surface area contributed by atoms with Gasteiger partial charge >= 0.3 is 18.0 Å². The first kappa shape index (κ1) is 20.9. The molecule has 1 atom stereocenters. The van der Waals surface area contributed by atoms with Gasteiger partial charge in [-0.3, -0.25) is 14.7 Å². The second kappa shape index (κ2) is 8.26. The normalized spacial score (nSPS) is 19.4. The van der Waals surface area contributed by atoms with Crippen LogP contribution in [0.15, 0.2) is 12.4 Å². The number of pyridine rings is 1. The molecule has 0 bridgehead atoms. The quantitative estimate of drug-likeness (QED) is 0.623. The maximum absolute atomic E-state index is 12.2. The largest absolute Gasteiger partial charge is 0.391 e. The van der Waals surface area contributed by atoms with Gasteiger partial charge in [-0.25, -0.2) is 4.98 Å². The number of nitrogens with one attached hydrogen (secondary N) is 2. The minimum Gasteiger partial charge on any atom is -0.383 e. The van der Waals surface area contributed by atoms with Crippen molar-refractivity contribution in [1.82, 2.24) is 20.1 Å². The molecule has 1 aliphatic carbocycles. The number of H-pyrrole nitrogens is 1. The van der Waals surface area contributed by atoms with Crippen molar-refractivity contribution in [3.63, 3.8) is 0 Å². The van der Waals surface area contributed by atoms with Gasteiger partial charge < -0.3 is 16.0 Å². The van der Waals surface area contributed by atoms with Crippen LogP contribution in [0.2, 0.25) is 0 Å². The maximum Gasteiger partial charge on any atom is 0.391 e. The summed E-state index contributed by atoms with van der Waals surface area (Å²) in [6.07, 6.45) is 1.77. The van der Waals surface area contributed by atoms with E-state index < -0.39 is 23.9 Å². The van der Waals surface area contributed by atoms with E-state index in [-0.39, 0.29) is 0 Å². The summed E-state index contributed by atoms with van der Waals surface area (Å²) in [5, 5.41) is 9.83. The van der Waals surface area contributed by atoms with Gasteiger partial charge in [-0.15, -0.1) is 0 Å². The fourth-order valence-electron chi connectivity index (χ4n) is 3.15. The second-order valence-electron chi connectivity index (χ2n) is 7.48. The highest BCUT2D eigenvalue weighted by atomic mass is 19.4. The Bertz CT molecular complexity index is 893. The first-order valence-electron chi connectivity index (χ1n) is 9.41. The van der Waals surface area contributed by atoms with Crippen LogP contribution in [0.4, 0.5) is 24.7 Å². The van der Waals surface area contributed by atoms with E-state index in [9.17, 15) is 22.8 Å². The van der Waals surface area contributed by atoms with E-state index >= 15 is 0 Å². The lowest BCUT2D eigenvalue weighted by molar-refractivity contribution is -0.147. The van der Waals surface area contributed by atoms with Crippen molar-refractivity contribution in [2.45, 2.75) is 38.8 Å². The van der Waals surface area contributed by atoms with Crippen molar-refractivity contribution in [3.8, 4) is 0 Å². The molecule has 2 aromatic heterocycles. The molecule has 2 fully saturated rings. The Morgan fingerprint density at radius 3 is 2.59 bits per heavy atom. The third kappa shape index (κ3) is 5.15. The van der Waals surface area contributed by atoms with Gasteiger partial charge in [0.1, 0.15) is 5.82 Å². The van der Waals surface area contributed by atoms with Crippen molar-refractivity contribution in [2.24, 2.45) is 11.8 Å². The Hall–Kier alpha value is -2.85. The van der Waals surface area contributed by atoms with Crippen molar-refractivity contribution in [3.05, 3.63) is 12.4 Å². The highest BCUT2D eigenvalue weighted by molar-refractivity contribution is 6.40. The molecule has 1 unspecified atom stereocenters. The Labute approximate surface area is 165 Å². The number of hydrogen-bond donors (Lipinski definition) is 3. The van der Waals surface area contributed by atoms with E-state index in [4.69, 9.17) is 5.73 Å². The smallest absolute Gasteiger partial charge is 0.383 e. The van der Waals surface area contributed by atoms with Crippen molar-refractivity contribution in [2.75, 3.05) is 24.1 Å². The zero-order chi connectivity index (χ0) is 21.2. The SMILES string of the molecule is CC1CCCN(C(=O)C(=O)Nc2cnc(N)c3cn[nH]c23)C1.FC(F)(F)C1CC1. The predicted octanol–water partition coefficient (Wildman–Crippen LogP) is 2.70. The van der Waals surface area contributed by atoms with Gasteiger partial charge in [0.05, 0.1) is 34.9 Å². The van der Waals surface area contributed by atoms with Crippen LogP contribution in [0.3, 0.4) is 0 Å². The molecule has 2 amide bonds. The molecule has 0 aromatic carbocycles. The van der Waals surface area contributed by atoms with Crippen LogP contribution in [-0.4, -0.2) is 51.2 Å². The molecule has 2 aliphatic rings. The fourth-order valence-corrected chi connectivity index (χ4v) is 3.15. The fraction of sp³-hybridized carbons (Fsp3) is 0.556. The summed E-state index contributed by atoms with van der Waals surface area (Å²) in [7, 11) is 0. The number of rotatable bonds is 1. The highest BCUT2D eigenvalue weighted by Gasteiger charge is 2.46. The van der Waals surface area contributed by atoms with E-state index in [0.717, 1.165) is 12.8 Å². The molecule has 11 heteroatoms. The molecule has 158 valence electrons. The van der Waals surface area contributed by atoms with Gasteiger partial charge in [-0.2, -0.15) is 18.3 Å². The highest BCUT2D eigenvalue weighted by Crippen LogP contribution is 2.43. The molecule has 4 N–H and O–H groups in total. The predicted molar refractivity (Wildman–Crippen MR) is 101 cm³/mol. The molecule has 4 rings (SSSR count). The summed E-state index contributed by atoms with van der Waals surface area (Å²) in [5.41, 5.74) is 6.68. The van der Waals surface area contributed by atoms with E-state index in [2.05, 4.69) is 27.4 Å². The zero-order valence-corrected chi connectivity index (χ0v) is 15.9. The lowest BCUT2D eigenvalue weighted by atomic mass is 10.0. The Morgan fingerprint density at radius 1 is 1.28 bits per heavy atom. The van der Waals surface area contributed by atoms with E-state index in [1.165, 1.54) is 12.4 Å². The number of anilines is 2. The van der Waals surface area contributed by atoms with Gasteiger partial charge in [0.15, 0.2) is 0 Å². The summed E-state index contributed by atoms with van der Waals surface area (Å²) < 4.78 is 33.7. The molecule has 8 nitrogen and oxygen atoms in total. The Balaban J connectivity index is 0.000000290. The molecule has 1 aliphatic heterocycles. The summed E-state index contributed by atoms with van der Waals surface area (Å²) >= 11 is 0. The topological polar surface area (TPSA) is 117 Å². The van der Waals surface area contributed by atoms with Crippen LogP contribution in [0.1, 0.15) is 32.6 Å². The number of carbonyl (C=O) groups excluding carboxylic acids is 2. The van der Waals surface area contributed by atoms with Gasteiger partial charge in [-0.05, 0) is 31.6 Å². The third-order valence-corrected chi connectivity index (χ3v) is 4.94. The van der Waals surface area contributed by atoms with Crippen LogP contribution >= 0.6 is 0 Å². The lowest BCUT2D eigenvalue weighted by Crippen LogP contribution is -2.44. The number of aromatic amines is 1. The first-order chi connectivity index (χ1) is 13.7. The first-order valence-corrected chi connectivity index (χ1v) is 9.41. The monoisotopic (exact) mass is 412 g/mol. The molecule has 1 saturated carbocycles. The van der Waals surface area contributed by atoms with Crippen molar-refractivity contribution < 1.29 is 22.8 Å². The summed E-state index contributed by atoms with van der Waals surface area (Å²) in [5.74, 6) is -1.40. The van der Waals surface area contributed by atoms with Crippen molar-refractivity contribution >= 4 is 34.2 Å². The third-order valence-electron chi connectivity index (χ3n) is 4.94. The number of alkyl halides is 3. The average Bonchev–Trinajstić information content (AvgIpc) is 3.42. The molecule has 3 heterocycles. The maximum atomic E-state index is 12.2. The zero-order valence-electron chi connectivity index (χ0n) is 15.9. The minimum atomic E-state index is -3.89. The molecular formula is C18H23F3N6O2. The summed E-state index contributed by atoms with van der Waals surface area (Å²) in [6, 6.07) is 0. The van der Waals surface area contributed by atoms with Gasteiger partial charge in [0.2, 0.25) is 0 Å². The standard InChI is InChI=1S/C14H18N6O2.C4H5F3/c1-8-3-2-4-20(7-8)14(22)13(21)18-10-6-16-12(15)9-5-17-19-11(9)10;5-4(6,7)3-1-2-3/h5-6,8H,2-4,7H2,1H3,(H2,15,16)(H,17,19)(H,18,21);3H,1-2H2. The number of likely N-dealkylation sites (tertiary alicyclic amines) is 1. The number of amides is 2. The van der Waals surface area contributed by atoms with Gasteiger partial charge in [-0.1, -0.05) is 6.92 Å². The molecule has 0 spiro atoms. The lowest BCUT2D eigenvalue weighted by Gasteiger charge is -2.30. The Morgan fingerprint density at radius 2 is 2.00 bits per heavy atom. The average molecular weight is 412 g/mol. The molecule has 0 radical (unpaired) electrons. The summed E-state index contributed by atoms with van der Waals surface area (Å²) in [6.45, 7) is 3.32. The van der Waals surface area contributed by atoms with E-state index in [1.54, 1.807) is 4.90 Å². The van der Waals surface area contributed by atoms with Gasteiger partial charge in [0.25, 0.3) is 0 Å². The number of aromatic nitrogens is 3. The van der Waals surface area contributed by atoms with Crippen LogP contribution in [0.5, 0.6) is 0 Å². The number of nitrogen functional groups attached to an aromatic ring is 1. The second-order valence-corrected chi connectivity index (χ2v) is 7.48. The van der Waals surface area contributed by atoms with E-state index in [1.807, 2.05) is 0 Å². The Kier molecular flexibility index (Phi) is 5.94. The van der Waals surface area contributed by atoms with Crippen LogP contribution in [0, 0.1) is 11.8 Å². The van der Waals surface area contributed by atoms with Crippen molar-refractivity contribution in [1.29, 1.82) is 0 Å². The number of fused-ring (bicyclic) bond motifs is 1. The molecular weight excluding hydrogens is 389 g/mol. The number of halogens is 3. The number of nitrogens with two attached hydrogens (primary N) is 1. The minimum absolute atomic E-state index is 0.318. The molecule has 1 saturated heterocycles. The van der Waals surface area contributed by atoms with Crippen LogP contribution in [0.25, 0.3) is 10.9 Å². The van der Waals surface area contributed by atoms with Crippen LogP contribution < -0.4 is 11.1 Å². The molecule has 2 aromatic rings.